The Labute approximate surface area is 194 Å². The van der Waals surface area contributed by atoms with E-state index in [9.17, 15) is 5.11 Å². The van der Waals surface area contributed by atoms with Crippen LogP contribution in [0.4, 0.5) is 0 Å². The van der Waals surface area contributed by atoms with Crippen LogP contribution in [-0.2, 0) is 24.1 Å². The third-order valence-corrected chi connectivity index (χ3v) is 6.31. The maximum absolute atomic E-state index is 10.9. The summed E-state index contributed by atoms with van der Waals surface area (Å²) in [6, 6.07) is 16.6. The molecule has 1 aliphatic rings. The number of nitrogens with one attached hydrogen (secondary N) is 2. The summed E-state index contributed by atoms with van der Waals surface area (Å²) in [5.74, 6) is 1.65. The number of ether oxygens (including phenoxy) is 1. The molecule has 2 atom stereocenters. The molecular formula is C26H38BN2O3. The lowest BCUT2D eigenvalue weighted by Crippen LogP contribution is -2.46. The average Bonchev–Trinajstić information content (AvgIpc) is 2.82. The third kappa shape index (κ3) is 8.25. The van der Waals surface area contributed by atoms with Crippen LogP contribution >= 0.6 is 0 Å². The lowest BCUT2D eigenvalue weighted by molar-refractivity contribution is 0.0572. The van der Waals surface area contributed by atoms with Crippen LogP contribution in [0.15, 0.2) is 48.5 Å². The van der Waals surface area contributed by atoms with Crippen molar-refractivity contribution in [2.24, 2.45) is 5.92 Å². The fourth-order valence-corrected chi connectivity index (χ4v) is 4.56. The molecule has 0 unspecified atom stereocenters. The van der Waals surface area contributed by atoms with Crippen LogP contribution in [0.2, 0.25) is 6.82 Å². The molecule has 32 heavy (non-hydrogen) atoms. The SMILES string of the molecule is C[B]ON[C@@H](Cc1cccc(CC2CCCCC2)c1)[C@H](O)CNCc1cccc(OC)c1. The normalized spacial score (nSPS) is 16.5. The summed E-state index contributed by atoms with van der Waals surface area (Å²) in [4.78, 5) is 0. The van der Waals surface area contributed by atoms with E-state index in [1.165, 1.54) is 43.2 Å². The Morgan fingerprint density at radius 3 is 2.56 bits per heavy atom. The Hall–Kier alpha value is -1.86. The summed E-state index contributed by atoms with van der Waals surface area (Å²) >= 11 is 0. The van der Waals surface area contributed by atoms with Gasteiger partial charge in [-0.3, -0.25) is 0 Å². The highest BCUT2D eigenvalue weighted by Crippen LogP contribution is 2.27. The number of rotatable bonds is 13. The third-order valence-electron chi connectivity index (χ3n) is 6.31. The molecule has 0 aromatic heterocycles. The predicted molar refractivity (Wildman–Crippen MR) is 131 cm³/mol. The molecule has 3 N–H and O–H groups in total. The standard InChI is InChI=1S/C26H38BN2O3/c1-27-32-29-25(26(30)19-28-18-23-12-7-13-24(16-23)31-2)17-22-11-6-10-21(15-22)14-20-8-4-3-5-9-20/h6-7,10-13,15-16,20,25-26,28-30H,3-5,8-9,14,17-19H2,1-2H3/t25-,26+/m0/s1. The smallest absolute Gasteiger partial charge is 0.320 e. The van der Waals surface area contributed by atoms with Gasteiger partial charge in [0.25, 0.3) is 0 Å². The molecule has 1 fully saturated rings. The van der Waals surface area contributed by atoms with Crippen LogP contribution in [0.1, 0.15) is 48.8 Å². The zero-order valence-electron chi connectivity index (χ0n) is 19.6. The number of hydroxylamine groups is 1. The molecule has 5 nitrogen and oxygen atoms in total. The number of methoxy groups -OCH3 is 1. The highest BCUT2D eigenvalue weighted by molar-refractivity contribution is 6.24. The van der Waals surface area contributed by atoms with Gasteiger partial charge < -0.3 is 19.9 Å². The van der Waals surface area contributed by atoms with Gasteiger partial charge in [0.05, 0.1) is 19.3 Å². The van der Waals surface area contributed by atoms with E-state index in [-0.39, 0.29) is 6.04 Å². The highest BCUT2D eigenvalue weighted by atomic mass is 16.6. The Balaban J connectivity index is 1.54. The first-order chi connectivity index (χ1) is 15.7. The highest BCUT2D eigenvalue weighted by Gasteiger charge is 2.20. The Morgan fingerprint density at radius 1 is 1.03 bits per heavy atom. The topological polar surface area (TPSA) is 62.8 Å². The van der Waals surface area contributed by atoms with Crippen molar-refractivity contribution in [1.82, 2.24) is 10.8 Å². The zero-order valence-corrected chi connectivity index (χ0v) is 19.6. The lowest BCUT2D eigenvalue weighted by atomic mass is 9.84. The van der Waals surface area contributed by atoms with Crippen LogP contribution < -0.4 is 15.5 Å². The number of aliphatic hydroxyl groups excluding tert-OH is 1. The molecule has 0 bridgehead atoms. The summed E-state index contributed by atoms with van der Waals surface area (Å²) in [6.45, 7) is 2.95. The molecule has 3 rings (SSSR count). The first-order valence-corrected chi connectivity index (χ1v) is 12.0. The van der Waals surface area contributed by atoms with Crippen molar-refractivity contribution >= 4 is 7.48 Å². The molecule has 0 heterocycles. The van der Waals surface area contributed by atoms with E-state index in [1.807, 2.05) is 31.1 Å². The van der Waals surface area contributed by atoms with Crippen LogP contribution in [0.3, 0.4) is 0 Å². The molecule has 0 saturated heterocycles. The zero-order chi connectivity index (χ0) is 22.6. The van der Waals surface area contributed by atoms with Crippen molar-refractivity contribution in [3.63, 3.8) is 0 Å². The monoisotopic (exact) mass is 437 g/mol. The minimum atomic E-state index is -0.595. The molecule has 1 saturated carbocycles. The largest absolute Gasteiger partial charge is 0.497 e. The molecule has 173 valence electrons. The van der Waals surface area contributed by atoms with Crippen LogP contribution in [0.5, 0.6) is 5.75 Å². The molecule has 6 heteroatoms. The Kier molecular flexibility index (Phi) is 10.6. The van der Waals surface area contributed by atoms with Gasteiger partial charge in [-0.15, -0.1) is 0 Å². The second-order valence-corrected chi connectivity index (χ2v) is 8.86. The second kappa shape index (κ2) is 13.6. The Morgan fingerprint density at radius 2 is 1.78 bits per heavy atom. The van der Waals surface area contributed by atoms with Gasteiger partial charge in [0.2, 0.25) is 0 Å². The van der Waals surface area contributed by atoms with Crippen molar-refractivity contribution in [3.05, 3.63) is 65.2 Å². The van der Waals surface area contributed by atoms with Crippen molar-refractivity contribution in [2.45, 2.75) is 70.5 Å². The van der Waals surface area contributed by atoms with Crippen molar-refractivity contribution < 1.29 is 14.6 Å². The van der Waals surface area contributed by atoms with Gasteiger partial charge in [-0.25, -0.2) is 5.48 Å². The van der Waals surface area contributed by atoms with E-state index >= 15 is 0 Å². The molecular weight excluding hydrogens is 399 g/mol. The van der Waals surface area contributed by atoms with Gasteiger partial charge in [0.15, 0.2) is 0 Å². The molecule has 2 aromatic rings. The van der Waals surface area contributed by atoms with Gasteiger partial charge in [0.1, 0.15) is 5.75 Å². The first kappa shape index (κ1) is 24.8. The minimum absolute atomic E-state index is 0.214. The molecule has 1 radical (unpaired) electrons. The van der Waals surface area contributed by atoms with Gasteiger partial charge in [0, 0.05) is 13.1 Å². The summed E-state index contributed by atoms with van der Waals surface area (Å²) in [5.41, 5.74) is 6.77. The number of aliphatic hydroxyl groups is 1. The molecule has 0 spiro atoms. The first-order valence-electron chi connectivity index (χ1n) is 12.0. The fourth-order valence-electron chi connectivity index (χ4n) is 4.56. The predicted octanol–water partition coefficient (Wildman–Crippen LogP) is 4.07. The average molecular weight is 437 g/mol. The van der Waals surface area contributed by atoms with Crippen molar-refractivity contribution in [2.75, 3.05) is 13.7 Å². The summed E-state index contributed by atoms with van der Waals surface area (Å²) < 4.78 is 10.6. The molecule has 0 aliphatic heterocycles. The van der Waals surface area contributed by atoms with Gasteiger partial charge in [-0.05, 0) is 47.6 Å². The van der Waals surface area contributed by atoms with Crippen LogP contribution in [0.25, 0.3) is 0 Å². The van der Waals surface area contributed by atoms with E-state index < -0.39 is 6.10 Å². The van der Waals surface area contributed by atoms with E-state index in [1.54, 1.807) is 14.6 Å². The number of benzene rings is 2. The second-order valence-electron chi connectivity index (χ2n) is 8.86. The number of hydrogen-bond acceptors (Lipinski definition) is 5. The molecule has 0 amide bonds. The summed E-state index contributed by atoms with van der Waals surface area (Å²) in [6.07, 6.45) is 8.11. The quantitative estimate of drug-likeness (QED) is 0.326. The van der Waals surface area contributed by atoms with E-state index in [4.69, 9.17) is 9.49 Å². The van der Waals surface area contributed by atoms with Gasteiger partial charge in [-0.2, -0.15) is 0 Å². The minimum Gasteiger partial charge on any atom is -0.497 e. The van der Waals surface area contributed by atoms with Crippen LogP contribution in [0, 0.1) is 5.92 Å². The fraction of sp³-hybridized carbons (Fsp3) is 0.538. The maximum Gasteiger partial charge on any atom is 0.320 e. The summed E-state index contributed by atoms with van der Waals surface area (Å²) in [7, 11) is 3.27. The lowest BCUT2D eigenvalue weighted by Gasteiger charge is -2.25. The summed E-state index contributed by atoms with van der Waals surface area (Å²) in [5, 5.41) is 14.2. The van der Waals surface area contributed by atoms with Crippen molar-refractivity contribution in [3.8, 4) is 5.75 Å². The number of hydrogen-bond donors (Lipinski definition) is 3. The van der Waals surface area contributed by atoms with Gasteiger partial charge >= 0.3 is 7.48 Å². The van der Waals surface area contributed by atoms with E-state index in [2.05, 4.69) is 35.1 Å². The Bertz CT molecular complexity index is 798. The van der Waals surface area contributed by atoms with E-state index in [0.717, 1.165) is 23.7 Å². The maximum atomic E-state index is 10.9. The van der Waals surface area contributed by atoms with Gasteiger partial charge in [-0.1, -0.05) is 75.3 Å². The molecule has 2 aromatic carbocycles. The molecule has 1 aliphatic carbocycles. The van der Waals surface area contributed by atoms with E-state index in [0.29, 0.717) is 19.5 Å². The van der Waals surface area contributed by atoms with Crippen LogP contribution in [-0.4, -0.2) is 38.4 Å². The van der Waals surface area contributed by atoms with Crippen molar-refractivity contribution in [1.29, 1.82) is 0 Å².